The smallest absolute Gasteiger partial charge is 0.258 e. The van der Waals surface area contributed by atoms with Crippen LogP contribution in [0.15, 0.2) is 71.0 Å². The van der Waals surface area contributed by atoms with Gasteiger partial charge in [-0.2, -0.15) is 0 Å². The topological polar surface area (TPSA) is 57.9 Å². The molecule has 1 amide bonds. The maximum atomic E-state index is 12.6. The van der Waals surface area contributed by atoms with Gasteiger partial charge in [0.15, 0.2) is 4.96 Å². The summed E-state index contributed by atoms with van der Waals surface area (Å²) >= 11 is 3.14. The fraction of sp³-hybridized carbons (Fsp3) is 0.208. The average molecular weight is 463 g/mol. The molecular formula is C24H22N4O2S2. The number of benzene rings is 1. The molecule has 1 aliphatic heterocycles. The van der Waals surface area contributed by atoms with Crippen LogP contribution in [0.25, 0.3) is 21.5 Å². The first-order valence-corrected chi connectivity index (χ1v) is 12.2. The predicted molar refractivity (Wildman–Crippen MR) is 130 cm³/mol. The van der Waals surface area contributed by atoms with E-state index >= 15 is 0 Å². The third-order valence-corrected chi connectivity index (χ3v) is 7.36. The number of aromatic nitrogens is 2. The molecule has 0 saturated carbocycles. The molecule has 162 valence electrons. The van der Waals surface area contributed by atoms with Crippen molar-refractivity contribution in [3.63, 3.8) is 0 Å². The van der Waals surface area contributed by atoms with Crippen molar-refractivity contribution in [2.45, 2.75) is 6.54 Å². The first-order chi connectivity index (χ1) is 15.7. The number of amides is 1. The maximum Gasteiger partial charge on any atom is 0.258 e. The monoisotopic (exact) mass is 462 g/mol. The summed E-state index contributed by atoms with van der Waals surface area (Å²) in [5.41, 5.74) is 1.92. The summed E-state index contributed by atoms with van der Waals surface area (Å²) in [5, 5.41) is 1.87. The number of fused-ring (bicyclic) bond motifs is 1. The highest BCUT2D eigenvalue weighted by Crippen LogP contribution is 2.28. The van der Waals surface area contributed by atoms with Gasteiger partial charge in [0.05, 0.1) is 5.69 Å². The number of piperazine rings is 1. The van der Waals surface area contributed by atoms with Gasteiger partial charge in [0.2, 0.25) is 5.91 Å². The molecule has 1 fully saturated rings. The molecule has 0 bridgehead atoms. The van der Waals surface area contributed by atoms with Crippen LogP contribution >= 0.6 is 22.7 Å². The summed E-state index contributed by atoms with van der Waals surface area (Å²) in [6.45, 7) is 3.50. The molecule has 0 N–H and O–H groups in total. The largest absolute Gasteiger partial charge is 0.337 e. The molecule has 6 nitrogen and oxygen atoms in total. The van der Waals surface area contributed by atoms with Gasteiger partial charge in [0.25, 0.3) is 5.56 Å². The zero-order valence-corrected chi connectivity index (χ0v) is 19.0. The molecule has 3 aromatic heterocycles. The summed E-state index contributed by atoms with van der Waals surface area (Å²) in [6, 6.07) is 16.0. The Kier molecular flexibility index (Phi) is 5.98. The summed E-state index contributed by atoms with van der Waals surface area (Å²) < 4.78 is 1.56. The van der Waals surface area contributed by atoms with Crippen LogP contribution in [0, 0.1) is 0 Å². The zero-order chi connectivity index (χ0) is 21.9. The number of nitrogens with zero attached hydrogens (tertiary/aromatic N) is 4. The van der Waals surface area contributed by atoms with Gasteiger partial charge in [-0.1, -0.05) is 30.3 Å². The van der Waals surface area contributed by atoms with Crippen LogP contribution in [-0.4, -0.2) is 51.3 Å². The van der Waals surface area contributed by atoms with Gasteiger partial charge < -0.3 is 4.90 Å². The molecule has 4 heterocycles. The van der Waals surface area contributed by atoms with E-state index in [1.165, 1.54) is 21.8 Å². The molecule has 8 heteroatoms. The minimum atomic E-state index is -0.0470. The first-order valence-electron chi connectivity index (χ1n) is 10.5. The number of hydrogen-bond acceptors (Lipinski definition) is 6. The predicted octanol–water partition coefficient (Wildman–Crippen LogP) is 3.84. The van der Waals surface area contributed by atoms with E-state index < -0.39 is 0 Å². The number of thiophene rings is 1. The normalized spacial score (nSPS) is 15.1. The second-order valence-electron chi connectivity index (χ2n) is 7.64. The molecule has 0 unspecified atom stereocenters. The molecule has 0 radical (unpaired) electrons. The van der Waals surface area contributed by atoms with Gasteiger partial charge >= 0.3 is 0 Å². The van der Waals surface area contributed by atoms with Crippen molar-refractivity contribution in [2.75, 3.05) is 26.2 Å². The molecule has 32 heavy (non-hydrogen) atoms. The highest BCUT2D eigenvalue weighted by molar-refractivity contribution is 7.16. The second kappa shape index (κ2) is 9.20. The van der Waals surface area contributed by atoms with Crippen molar-refractivity contribution in [2.24, 2.45) is 0 Å². The van der Waals surface area contributed by atoms with Crippen LogP contribution in [0.1, 0.15) is 10.6 Å². The van der Waals surface area contributed by atoms with Crippen molar-refractivity contribution in [3.8, 4) is 10.4 Å². The lowest BCUT2D eigenvalue weighted by Gasteiger charge is -2.34. The second-order valence-corrected chi connectivity index (χ2v) is 9.63. The van der Waals surface area contributed by atoms with E-state index in [0.717, 1.165) is 28.6 Å². The van der Waals surface area contributed by atoms with Crippen LogP contribution in [0.4, 0.5) is 0 Å². The number of carbonyl (C=O) groups excluding carboxylic acids is 1. The fourth-order valence-corrected chi connectivity index (χ4v) is 5.44. The van der Waals surface area contributed by atoms with Crippen LogP contribution in [0.5, 0.6) is 0 Å². The molecule has 0 spiro atoms. The van der Waals surface area contributed by atoms with Crippen molar-refractivity contribution in [3.05, 3.63) is 87.1 Å². The lowest BCUT2D eigenvalue weighted by molar-refractivity contribution is -0.127. The number of rotatable bonds is 5. The Bertz CT molecular complexity index is 1310. The Morgan fingerprint density at radius 3 is 2.69 bits per heavy atom. The van der Waals surface area contributed by atoms with Crippen LogP contribution < -0.4 is 5.56 Å². The summed E-state index contributed by atoms with van der Waals surface area (Å²) in [6.07, 6.45) is 5.32. The molecule has 1 saturated heterocycles. The molecule has 1 aromatic carbocycles. The highest BCUT2D eigenvalue weighted by Gasteiger charge is 2.20. The van der Waals surface area contributed by atoms with Crippen molar-refractivity contribution >= 4 is 39.6 Å². The van der Waals surface area contributed by atoms with E-state index in [1.807, 2.05) is 34.6 Å². The average Bonchev–Trinajstić information content (AvgIpc) is 3.49. The summed E-state index contributed by atoms with van der Waals surface area (Å²) in [5.74, 6) is 0.0377. The number of carbonyl (C=O) groups is 1. The van der Waals surface area contributed by atoms with E-state index in [4.69, 9.17) is 0 Å². The van der Waals surface area contributed by atoms with E-state index in [2.05, 4.69) is 34.1 Å². The van der Waals surface area contributed by atoms with Gasteiger partial charge in [-0.05, 0) is 23.8 Å². The van der Waals surface area contributed by atoms with Gasteiger partial charge in [-0.25, -0.2) is 4.98 Å². The third kappa shape index (κ3) is 4.57. The highest BCUT2D eigenvalue weighted by atomic mass is 32.1. The minimum Gasteiger partial charge on any atom is -0.337 e. The summed E-state index contributed by atoms with van der Waals surface area (Å²) in [7, 11) is 0. The standard InChI is InChI=1S/C24H22N4O2S2/c29-22(9-7-20-6-8-21(32-20)18-4-2-1-3-5-18)27-12-10-26(11-13-27)17-19-16-23(30)28-14-15-31-24(28)25-19/h1-9,14-16H,10-13,17H2/b9-7+. The van der Waals surface area contributed by atoms with Crippen molar-refractivity contribution < 1.29 is 4.79 Å². The molecule has 0 atom stereocenters. The van der Waals surface area contributed by atoms with Gasteiger partial charge in [0.1, 0.15) is 0 Å². The van der Waals surface area contributed by atoms with E-state index in [0.29, 0.717) is 19.6 Å². The lowest BCUT2D eigenvalue weighted by atomic mass is 10.2. The maximum absolute atomic E-state index is 12.6. The van der Waals surface area contributed by atoms with Gasteiger partial charge in [0, 0.05) is 66.2 Å². The van der Waals surface area contributed by atoms with Crippen molar-refractivity contribution in [1.82, 2.24) is 19.2 Å². The van der Waals surface area contributed by atoms with Gasteiger partial charge in [-0.15, -0.1) is 22.7 Å². The van der Waals surface area contributed by atoms with Crippen molar-refractivity contribution in [1.29, 1.82) is 0 Å². The van der Waals surface area contributed by atoms with Crippen LogP contribution in [0.2, 0.25) is 0 Å². The first kappa shape index (κ1) is 20.8. The van der Waals surface area contributed by atoms with E-state index in [-0.39, 0.29) is 11.5 Å². The van der Waals surface area contributed by atoms with Crippen LogP contribution in [0.3, 0.4) is 0 Å². The Morgan fingerprint density at radius 2 is 1.88 bits per heavy atom. The third-order valence-electron chi connectivity index (χ3n) is 5.50. The Balaban J connectivity index is 1.16. The molecule has 0 aliphatic carbocycles. The fourth-order valence-electron chi connectivity index (χ4n) is 3.78. The van der Waals surface area contributed by atoms with E-state index in [9.17, 15) is 9.59 Å². The molecular weight excluding hydrogens is 440 g/mol. The molecule has 5 rings (SSSR count). The SMILES string of the molecule is O=C(/C=C/c1ccc(-c2ccccc2)s1)N1CCN(Cc2cc(=O)n3ccsc3n2)CC1. The Morgan fingerprint density at radius 1 is 1.06 bits per heavy atom. The molecule has 1 aliphatic rings. The number of hydrogen-bond donors (Lipinski definition) is 0. The lowest BCUT2D eigenvalue weighted by Crippen LogP contribution is -2.48. The van der Waals surface area contributed by atoms with Crippen LogP contribution in [-0.2, 0) is 11.3 Å². The quantitative estimate of drug-likeness (QED) is 0.423. The Labute approximate surface area is 193 Å². The zero-order valence-electron chi connectivity index (χ0n) is 17.4. The van der Waals surface area contributed by atoms with E-state index in [1.54, 1.807) is 34.1 Å². The van der Waals surface area contributed by atoms with Gasteiger partial charge in [-0.3, -0.25) is 18.9 Å². The minimum absolute atomic E-state index is 0.0377. The Hall–Kier alpha value is -3.07. The molecule has 4 aromatic rings. The number of thiazole rings is 1. The summed E-state index contributed by atoms with van der Waals surface area (Å²) in [4.78, 5) is 36.5.